The molecule has 2 amide bonds. The normalized spacial score (nSPS) is 22.9. The maximum absolute atomic E-state index is 13.4. The zero-order valence-corrected chi connectivity index (χ0v) is 26.9. The van der Waals surface area contributed by atoms with E-state index in [1.807, 2.05) is 80.3 Å². The van der Waals surface area contributed by atoms with Crippen molar-refractivity contribution in [1.29, 1.82) is 0 Å². The summed E-state index contributed by atoms with van der Waals surface area (Å²) in [6.07, 6.45) is 6.64. The van der Waals surface area contributed by atoms with E-state index in [0.717, 1.165) is 61.7 Å². The predicted molar refractivity (Wildman–Crippen MR) is 175 cm³/mol. The molecule has 0 spiro atoms. The summed E-state index contributed by atoms with van der Waals surface area (Å²) in [4.78, 5) is 23.0. The number of hydrogen-bond donors (Lipinski definition) is 1. The van der Waals surface area contributed by atoms with Crippen molar-refractivity contribution in [2.45, 2.75) is 96.1 Å². The van der Waals surface area contributed by atoms with Crippen LogP contribution in [0.25, 0.3) is 0 Å². The Balaban J connectivity index is 1.09. The number of imidazole rings is 1. The Labute approximate surface area is 259 Å². The van der Waals surface area contributed by atoms with Crippen LogP contribution in [-0.4, -0.2) is 66.0 Å². The number of carbonyl (C=O) groups excluding carboxylic acids is 1. The SMILES string of the molecule is Cc1ccc(NC(=O)N(CCCN2[C@@H]3CC[C@H]2CC(n2c(C)nc4c2CCN(S(=O)C(C)C)C4)C3)c2ccccc2)cc1. The number of carbonyl (C=O) groups is 1. The molecule has 3 aliphatic heterocycles. The molecular weight excluding hydrogens is 556 g/mol. The Morgan fingerprint density at radius 1 is 1.02 bits per heavy atom. The van der Waals surface area contributed by atoms with Gasteiger partial charge in [-0.25, -0.2) is 18.3 Å². The zero-order valence-electron chi connectivity index (χ0n) is 26.0. The van der Waals surface area contributed by atoms with Gasteiger partial charge in [-0.2, -0.15) is 0 Å². The highest BCUT2D eigenvalue weighted by Crippen LogP contribution is 2.42. The summed E-state index contributed by atoms with van der Waals surface area (Å²) in [5.74, 6) is 1.11. The van der Waals surface area contributed by atoms with Crippen LogP contribution < -0.4 is 10.2 Å². The van der Waals surface area contributed by atoms with E-state index in [4.69, 9.17) is 4.98 Å². The van der Waals surface area contributed by atoms with E-state index < -0.39 is 11.0 Å². The summed E-state index contributed by atoms with van der Waals surface area (Å²) in [5, 5.41) is 3.23. The van der Waals surface area contributed by atoms with E-state index in [9.17, 15) is 9.00 Å². The fourth-order valence-electron chi connectivity index (χ4n) is 7.47. The molecule has 0 radical (unpaired) electrons. The molecule has 4 heterocycles. The van der Waals surface area contributed by atoms with Crippen LogP contribution in [0.2, 0.25) is 0 Å². The van der Waals surface area contributed by atoms with Crippen molar-refractivity contribution in [1.82, 2.24) is 18.8 Å². The molecule has 1 N–H and O–H groups in total. The average Bonchev–Trinajstić information content (AvgIpc) is 3.45. The van der Waals surface area contributed by atoms with E-state index in [0.29, 0.717) is 31.2 Å². The number of urea groups is 1. The Morgan fingerprint density at radius 2 is 1.72 bits per heavy atom. The number of fused-ring (bicyclic) bond motifs is 3. The number of rotatable bonds is 9. The van der Waals surface area contributed by atoms with Crippen LogP contribution in [0.4, 0.5) is 16.2 Å². The summed E-state index contributed by atoms with van der Waals surface area (Å²) in [5.41, 5.74) is 5.40. The predicted octanol–water partition coefficient (Wildman–Crippen LogP) is 6.23. The van der Waals surface area contributed by atoms with Gasteiger partial charge in [0, 0.05) is 66.5 Å². The van der Waals surface area contributed by atoms with Gasteiger partial charge in [0.2, 0.25) is 0 Å². The van der Waals surface area contributed by atoms with E-state index >= 15 is 0 Å². The van der Waals surface area contributed by atoms with Gasteiger partial charge in [-0.3, -0.25) is 9.80 Å². The van der Waals surface area contributed by atoms with Crippen molar-refractivity contribution in [3.63, 3.8) is 0 Å². The fourth-order valence-corrected chi connectivity index (χ4v) is 8.59. The van der Waals surface area contributed by atoms with Crippen molar-refractivity contribution in [2.75, 3.05) is 29.9 Å². The lowest BCUT2D eigenvalue weighted by molar-refractivity contribution is 0.104. The smallest absolute Gasteiger partial charge is 0.326 e. The third-order valence-corrected chi connectivity index (χ3v) is 11.1. The third kappa shape index (κ3) is 6.44. The molecule has 43 heavy (non-hydrogen) atoms. The van der Waals surface area contributed by atoms with Crippen LogP contribution in [0.3, 0.4) is 0 Å². The number of aryl methyl sites for hydroxylation is 2. The van der Waals surface area contributed by atoms with E-state index in [-0.39, 0.29) is 11.3 Å². The topological polar surface area (TPSA) is 73.7 Å². The second kappa shape index (κ2) is 12.9. The van der Waals surface area contributed by atoms with Gasteiger partial charge >= 0.3 is 6.03 Å². The Kier molecular flexibility index (Phi) is 9.03. The Morgan fingerprint density at radius 3 is 2.40 bits per heavy atom. The first-order valence-electron chi connectivity index (χ1n) is 16.0. The standard InChI is InChI=1S/C34H46N6O2S/c1-24(2)43(42)37-20-17-33-32(23-37)35-26(4)40(33)31-21-29-15-16-30(22-31)38(29)18-8-19-39(28-9-6-5-7-10-28)34(41)36-27-13-11-25(3)12-14-27/h5-7,9-14,24,29-31H,8,15-23H2,1-4H3,(H,36,41)/t29-,30+,31?,43?. The van der Waals surface area contributed by atoms with Crippen LogP contribution >= 0.6 is 0 Å². The number of amides is 2. The van der Waals surface area contributed by atoms with Gasteiger partial charge in [0.05, 0.1) is 23.2 Å². The number of benzene rings is 2. The summed E-state index contributed by atoms with van der Waals surface area (Å²) in [6.45, 7) is 11.4. The molecule has 1 aromatic heterocycles. The lowest BCUT2D eigenvalue weighted by atomic mass is 9.96. The first-order valence-corrected chi connectivity index (χ1v) is 17.1. The summed E-state index contributed by atoms with van der Waals surface area (Å²) >= 11 is 0. The zero-order chi connectivity index (χ0) is 30.1. The van der Waals surface area contributed by atoms with Gasteiger partial charge in [-0.1, -0.05) is 35.9 Å². The fraction of sp³-hybridized carbons (Fsp3) is 0.529. The quantitative estimate of drug-likeness (QED) is 0.315. The van der Waals surface area contributed by atoms with Gasteiger partial charge in [-0.05, 0) is 84.1 Å². The summed E-state index contributed by atoms with van der Waals surface area (Å²) < 4.78 is 17.4. The molecular formula is C34H46N6O2S. The highest BCUT2D eigenvalue weighted by atomic mass is 32.2. The second-order valence-electron chi connectivity index (χ2n) is 12.7. The number of nitrogens with zero attached hydrogens (tertiary/aromatic N) is 5. The molecule has 2 unspecified atom stereocenters. The van der Waals surface area contributed by atoms with Gasteiger partial charge in [0.1, 0.15) is 5.82 Å². The molecule has 2 aromatic carbocycles. The lowest BCUT2D eigenvalue weighted by Gasteiger charge is -2.41. The average molecular weight is 603 g/mol. The maximum Gasteiger partial charge on any atom is 0.326 e. The molecule has 2 saturated heterocycles. The van der Waals surface area contributed by atoms with Gasteiger partial charge < -0.3 is 9.88 Å². The molecule has 2 bridgehead atoms. The van der Waals surface area contributed by atoms with Crippen molar-refractivity contribution < 1.29 is 9.00 Å². The van der Waals surface area contributed by atoms with E-state index in [1.54, 1.807) is 0 Å². The first-order chi connectivity index (χ1) is 20.8. The number of para-hydroxylation sites is 1. The number of nitrogens with one attached hydrogen (secondary N) is 1. The monoisotopic (exact) mass is 602 g/mol. The maximum atomic E-state index is 13.4. The van der Waals surface area contributed by atoms with Crippen molar-refractivity contribution in [2.24, 2.45) is 0 Å². The molecule has 230 valence electrons. The first kappa shape index (κ1) is 30.0. The highest BCUT2D eigenvalue weighted by Gasteiger charge is 2.42. The minimum atomic E-state index is -0.959. The molecule has 9 heteroatoms. The van der Waals surface area contributed by atoms with Crippen molar-refractivity contribution in [3.8, 4) is 0 Å². The molecule has 4 atom stereocenters. The van der Waals surface area contributed by atoms with Crippen LogP contribution in [0.15, 0.2) is 54.6 Å². The molecule has 0 saturated carbocycles. The number of aromatic nitrogens is 2. The van der Waals surface area contributed by atoms with E-state index in [1.165, 1.54) is 24.1 Å². The van der Waals surface area contributed by atoms with Gasteiger partial charge in [0.25, 0.3) is 0 Å². The van der Waals surface area contributed by atoms with Crippen molar-refractivity contribution >= 4 is 28.4 Å². The minimum Gasteiger partial charge on any atom is -0.329 e. The molecule has 6 rings (SSSR count). The van der Waals surface area contributed by atoms with E-state index in [2.05, 4.69) is 26.0 Å². The molecule has 3 aliphatic rings. The van der Waals surface area contributed by atoms with Crippen LogP contribution in [0.5, 0.6) is 0 Å². The lowest BCUT2D eigenvalue weighted by Crippen LogP contribution is -2.45. The molecule has 0 aliphatic carbocycles. The van der Waals surface area contributed by atoms with Gasteiger partial charge in [-0.15, -0.1) is 0 Å². The molecule has 2 fully saturated rings. The number of hydrogen-bond acceptors (Lipinski definition) is 4. The largest absolute Gasteiger partial charge is 0.329 e. The van der Waals surface area contributed by atoms with Crippen LogP contribution in [0.1, 0.15) is 74.8 Å². The summed E-state index contributed by atoms with van der Waals surface area (Å²) in [7, 11) is -0.959. The highest BCUT2D eigenvalue weighted by molar-refractivity contribution is 7.83. The second-order valence-corrected chi connectivity index (χ2v) is 14.8. The van der Waals surface area contributed by atoms with Crippen LogP contribution in [-0.2, 0) is 24.0 Å². The Bertz CT molecular complexity index is 1430. The van der Waals surface area contributed by atoms with Gasteiger partial charge in [0.15, 0.2) is 0 Å². The number of anilines is 2. The number of piperidine rings is 1. The minimum absolute atomic E-state index is 0.0899. The Hall–Kier alpha value is -3.01. The summed E-state index contributed by atoms with van der Waals surface area (Å²) in [6, 6.07) is 19.5. The molecule has 8 nitrogen and oxygen atoms in total. The van der Waals surface area contributed by atoms with Crippen molar-refractivity contribution in [3.05, 3.63) is 77.4 Å². The molecule has 3 aromatic rings. The van der Waals surface area contributed by atoms with Crippen LogP contribution in [0, 0.1) is 13.8 Å². The third-order valence-electron chi connectivity index (χ3n) is 9.49.